The highest BCUT2D eigenvalue weighted by Crippen LogP contribution is 2.48. The summed E-state index contributed by atoms with van der Waals surface area (Å²) in [5, 5.41) is 13.1. The number of nitro groups is 1. The van der Waals surface area contributed by atoms with Gasteiger partial charge < -0.3 is 14.4 Å². The monoisotopic (exact) mass is 490 g/mol. The zero-order valence-corrected chi connectivity index (χ0v) is 19.9. The second-order valence-electron chi connectivity index (χ2n) is 8.55. The summed E-state index contributed by atoms with van der Waals surface area (Å²) in [5.41, 5.74) is 2.78. The van der Waals surface area contributed by atoms with Crippen LogP contribution in [0.5, 0.6) is 11.5 Å². The third-order valence-electron chi connectivity index (χ3n) is 6.80. The first kappa shape index (κ1) is 22.9. The number of hydrogen-bond acceptors (Lipinski definition) is 6. The van der Waals surface area contributed by atoms with E-state index in [1.165, 1.54) is 14.2 Å². The number of fused-ring (bicyclic) bond motifs is 3. The predicted octanol–water partition coefficient (Wildman–Crippen LogP) is 5.25. The molecule has 0 amide bonds. The topological polar surface area (TPSA) is 81.9 Å². The normalized spacial score (nSPS) is 22.3. The maximum atomic E-state index is 14.1. The van der Waals surface area contributed by atoms with Crippen LogP contribution in [0.1, 0.15) is 27.4 Å². The van der Waals surface area contributed by atoms with Gasteiger partial charge in [-0.25, -0.2) is 0 Å². The summed E-state index contributed by atoms with van der Waals surface area (Å²) in [6.45, 7) is 0. The van der Waals surface area contributed by atoms with Crippen LogP contribution in [0.15, 0.2) is 72.8 Å². The molecule has 2 heterocycles. The molecular weight excluding hydrogens is 468 g/mol. The van der Waals surface area contributed by atoms with Crippen molar-refractivity contribution in [2.24, 2.45) is 0 Å². The van der Waals surface area contributed by atoms with E-state index in [1.807, 2.05) is 41.3 Å². The highest BCUT2D eigenvalue weighted by molar-refractivity contribution is 6.30. The van der Waals surface area contributed by atoms with Gasteiger partial charge in [-0.2, -0.15) is 0 Å². The molecule has 178 valence electrons. The summed E-state index contributed by atoms with van der Waals surface area (Å²) in [5.74, 6) is 0.00995. The molecule has 8 heteroatoms. The van der Waals surface area contributed by atoms with Crippen molar-refractivity contribution in [3.8, 4) is 11.5 Å². The van der Waals surface area contributed by atoms with Crippen molar-refractivity contribution < 1.29 is 19.2 Å². The van der Waals surface area contributed by atoms with Gasteiger partial charge in [-0.3, -0.25) is 14.9 Å². The van der Waals surface area contributed by atoms with Gasteiger partial charge in [0.25, 0.3) is 0 Å². The van der Waals surface area contributed by atoms with Crippen molar-refractivity contribution >= 4 is 29.1 Å². The molecule has 4 unspecified atom stereocenters. The zero-order chi connectivity index (χ0) is 24.7. The van der Waals surface area contributed by atoms with Gasteiger partial charge in [0.15, 0.2) is 17.3 Å². The molecule has 0 bridgehead atoms. The fraction of sp³-hybridized carbons (Fsp3) is 0.222. The number of nitrogens with zero attached hydrogens (tertiary/aromatic N) is 2. The van der Waals surface area contributed by atoms with Crippen LogP contribution in [0.4, 0.5) is 5.69 Å². The van der Waals surface area contributed by atoms with Crippen LogP contribution in [-0.2, 0) is 0 Å². The molecular formula is C27H23ClN2O5. The SMILES string of the molecule is COc1ccc(C2C(C(=O)c3ccc(Cl)cc3)N3c4ccccc4C=CC3C2[N+](=O)[O-])cc1OC. The zero-order valence-electron chi connectivity index (χ0n) is 19.1. The Morgan fingerprint density at radius 1 is 1.00 bits per heavy atom. The molecule has 0 aliphatic carbocycles. The molecule has 0 spiro atoms. The Kier molecular flexibility index (Phi) is 5.94. The number of methoxy groups -OCH3 is 2. The van der Waals surface area contributed by atoms with E-state index in [9.17, 15) is 14.9 Å². The molecule has 1 saturated heterocycles. The number of ketones is 1. The molecule has 5 rings (SSSR count). The third-order valence-corrected chi connectivity index (χ3v) is 7.05. The third kappa shape index (κ3) is 3.82. The molecule has 1 fully saturated rings. The van der Waals surface area contributed by atoms with E-state index in [1.54, 1.807) is 42.5 Å². The number of halogens is 1. The van der Waals surface area contributed by atoms with Crippen LogP contribution in [0.25, 0.3) is 6.08 Å². The van der Waals surface area contributed by atoms with E-state index in [0.29, 0.717) is 27.6 Å². The number of carbonyl (C=O) groups excluding carboxylic acids is 1. The van der Waals surface area contributed by atoms with Crippen molar-refractivity contribution in [3.63, 3.8) is 0 Å². The Morgan fingerprint density at radius 3 is 2.40 bits per heavy atom. The number of ether oxygens (including phenoxy) is 2. The van der Waals surface area contributed by atoms with Gasteiger partial charge in [0.2, 0.25) is 6.04 Å². The largest absolute Gasteiger partial charge is 0.493 e. The number of para-hydroxylation sites is 1. The summed E-state index contributed by atoms with van der Waals surface area (Å²) in [6.07, 6.45) is 3.73. The summed E-state index contributed by atoms with van der Waals surface area (Å²) >= 11 is 6.06. The Bertz CT molecular complexity index is 1320. The van der Waals surface area contributed by atoms with Gasteiger partial charge in [0, 0.05) is 21.2 Å². The first-order chi connectivity index (χ1) is 16.9. The molecule has 0 radical (unpaired) electrons. The average molecular weight is 491 g/mol. The number of carbonyl (C=O) groups is 1. The second-order valence-corrected chi connectivity index (χ2v) is 8.98. The molecule has 7 nitrogen and oxygen atoms in total. The minimum atomic E-state index is -1.06. The van der Waals surface area contributed by atoms with E-state index in [4.69, 9.17) is 21.1 Å². The Morgan fingerprint density at radius 2 is 1.71 bits per heavy atom. The average Bonchev–Trinajstić information content (AvgIpc) is 3.24. The van der Waals surface area contributed by atoms with Crippen molar-refractivity contribution in [1.29, 1.82) is 0 Å². The predicted molar refractivity (Wildman–Crippen MR) is 134 cm³/mol. The van der Waals surface area contributed by atoms with Crippen molar-refractivity contribution in [2.45, 2.75) is 24.0 Å². The van der Waals surface area contributed by atoms with Crippen LogP contribution in [0, 0.1) is 10.1 Å². The quantitative estimate of drug-likeness (QED) is 0.266. The van der Waals surface area contributed by atoms with Crippen molar-refractivity contribution in [2.75, 3.05) is 19.1 Å². The maximum absolute atomic E-state index is 14.1. The molecule has 3 aromatic carbocycles. The summed E-state index contributed by atoms with van der Waals surface area (Å²) in [6, 6.07) is 17.0. The lowest BCUT2D eigenvalue weighted by Gasteiger charge is -2.34. The van der Waals surface area contributed by atoms with Crippen molar-refractivity contribution in [1.82, 2.24) is 0 Å². The Labute approximate surface area is 207 Å². The molecule has 0 N–H and O–H groups in total. The Balaban J connectivity index is 1.72. The van der Waals surface area contributed by atoms with Gasteiger partial charge in [0.1, 0.15) is 12.1 Å². The highest BCUT2D eigenvalue weighted by Gasteiger charge is 2.59. The number of benzene rings is 3. The van der Waals surface area contributed by atoms with Crippen LogP contribution in [0.3, 0.4) is 0 Å². The fourth-order valence-electron chi connectivity index (χ4n) is 5.27. The number of anilines is 1. The number of rotatable bonds is 6. The maximum Gasteiger partial charge on any atom is 0.245 e. The van der Waals surface area contributed by atoms with E-state index in [2.05, 4.69) is 0 Å². The second kappa shape index (κ2) is 9.07. The highest BCUT2D eigenvalue weighted by atomic mass is 35.5. The lowest BCUT2D eigenvalue weighted by Crippen LogP contribution is -2.44. The van der Waals surface area contributed by atoms with E-state index in [-0.39, 0.29) is 10.7 Å². The van der Waals surface area contributed by atoms with Gasteiger partial charge in [-0.05, 0) is 53.6 Å². The minimum Gasteiger partial charge on any atom is -0.493 e. The molecule has 4 atom stereocenters. The minimum absolute atomic E-state index is 0.207. The summed E-state index contributed by atoms with van der Waals surface area (Å²) in [4.78, 5) is 28.2. The van der Waals surface area contributed by atoms with Gasteiger partial charge >= 0.3 is 0 Å². The molecule has 0 saturated carbocycles. The lowest BCUT2D eigenvalue weighted by atomic mass is 9.83. The molecule has 2 aliphatic rings. The lowest BCUT2D eigenvalue weighted by molar-refractivity contribution is -0.524. The van der Waals surface area contributed by atoms with Gasteiger partial charge in [0.05, 0.1) is 20.1 Å². The van der Waals surface area contributed by atoms with Crippen LogP contribution in [-0.4, -0.2) is 43.1 Å². The molecule has 35 heavy (non-hydrogen) atoms. The first-order valence-electron chi connectivity index (χ1n) is 11.2. The van der Waals surface area contributed by atoms with Crippen LogP contribution in [0.2, 0.25) is 5.02 Å². The first-order valence-corrected chi connectivity index (χ1v) is 11.5. The number of hydrogen-bond donors (Lipinski definition) is 0. The summed E-state index contributed by atoms with van der Waals surface area (Å²) < 4.78 is 10.8. The summed E-state index contributed by atoms with van der Waals surface area (Å²) in [7, 11) is 3.04. The van der Waals surface area contributed by atoms with E-state index < -0.39 is 24.0 Å². The fourth-order valence-corrected chi connectivity index (χ4v) is 5.40. The number of Topliss-reactive ketones (excluding diaryl/α,β-unsaturated/α-hetero) is 1. The molecule has 2 aliphatic heterocycles. The molecule has 0 aromatic heterocycles. The van der Waals surface area contributed by atoms with Crippen LogP contribution >= 0.6 is 11.6 Å². The Hall–Kier alpha value is -3.84. The van der Waals surface area contributed by atoms with Gasteiger partial charge in [-0.15, -0.1) is 0 Å². The van der Waals surface area contributed by atoms with Gasteiger partial charge in [-0.1, -0.05) is 48.0 Å². The van der Waals surface area contributed by atoms with Crippen molar-refractivity contribution in [3.05, 3.63) is 105 Å². The van der Waals surface area contributed by atoms with E-state index >= 15 is 0 Å². The smallest absolute Gasteiger partial charge is 0.245 e. The standard InChI is InChI=1S/C27H23ClN2O5/c1-34-22-14-10-18(15-23(22)35-2)24-25(30(32)33)21-13-9-16-5-3-4-6-20(16)29(21)26(24)27(31)17-7-11-19(28)12-8-17/h3-15,21,24-26H,1-2H3. The van der Waals surface area contributed by atoms with E-state index in [0.717, 1.165) is 11.3 Å². The van der Waals surface area contributed by atoms with Crippen LogP contribution < -0.4 is 14.4 Å². The molecule has 3 aromatic rings.